The molecule has 1 aliphatic heterocycles. The molecular weight excluding hydrogens is 254 g/mol. The van der Waals surface area contributed by atoms with Gasteiger partial charge in [0.05, 0.1) is 0 Å². The summed E-state index contributed by atoms with van der Waals surface area (Å²) in [5, 5.41) is 3.61. The fraction of sp³-hybridized carbons (Fsp3) is 0.850. The first-order valence-electron chi connectivity index (χ1n) is 9.73. The van der Waals surface area contributed by atoms with Crippen molar-refractivity contribution in [3.8, 4) is 0 Å². The van der Waals surface area contributed by atoms with Crippen molar-refractivity contribution in [3.05, 3.63) is 18.3 Å². The van der Waals surface area contributed by atoms with Crippen molar-refractivity contribution in [2.45, 2.75) is 77.0 Å². The van der Waals surface area contributed by atoms with Crippen LogP contribution in [0.5, 0.6) is 0 Å². The van der Waals surface area contributed by atoms with Crippen molar-refractivity contribution >= 4 is 0 Å². The summed E-state index contributed by atoms with van der Waals surface area (Å²) < 4.78 is 0. The first kappa shape index (κ1) is 14.2. The summed E-state index contributed by atoms with van der Waals surface area (Å²) in [6.07, 6.45) is 20.2. The Labute approximate surface area is 131 Å². The molecule has 0 bridgehead atoms. The standard InChI is InChI=1S/C20H32N/c1-2-8-15(7-1)18-13-21-14-19(16-9-3-4-10-16)20(18)17-11-5-6-12-17/h13-18,20-21H,1-12H2. The van der Waals surface area contributed by atoms with Gasteiger partial charge in [0.1, 0.15) is 0 Å². The maximum Gasteiger partial charge on any atom is 0.0496 e. The van der Waals surface area contributed by atoms with Crippen LogP contribution in [0.3, 0.4) is 0 Å². The molecule has 117 valence electrons. The Morgan fingerprint density at radius 2 is 1.29 bits per heavy atom. The molecule has 1 radical (unpaired) electrons. The van der Waals surface area contributed by atoms with Gasteiger partial charge in [0.25, 0.3) is 0 Å². The normalized spacial score (nSPS) is 36.1. The van der Waals surface area contributed by atoms with E-state index < -0.39 is 0 Å². The van der Waals surface area contributed by atoms with Crippen molar-refractivity contribution in [1.29, 1.82) is 0 Å². The lowest BCUT2D eigenvalue weighted by Gasteiger charge is -2.42. The van der Waals surface area contributed by atoms with Crippen LogP contribution in [0.1, 0.15) is 77.0 Å². The number of rotatable bonds is 3. The van der Waals surface area contributed by atoms with Gasteiger partial charge in [-0.3, -0.25) is 0 Å². The van der Waals surface area contributed by atoms with Crippen LogP contribution in [-0.2, 0) is 0 Å². The quantitative estimate of drug-likeness (QED) is 0.728. The molecule has 3 saturated carbocycles. The molecule has 1 N–H and O–H groups in total. The van der Waals surface area contributed by atoms with Crippen LogP contribution in [-0.4, -0.2) is 0 Å². The van der Waals surface area contributed by atoms with E-state index in [1.54, 1.807) is 0 Å². The van der Waals surface area contributed by atoms with Crippen molar-refractivity contribution in [1.82, 2.24) is 5.32 Å². The fourth-order valence-corrected chi connectivity index (χ4v) is 6.00. The summed E-state index contributed by atoms with van der Waals surface area (Å²) in [5.41, 5.74) is 1.85. The number of allylic oxidation sites excluding steroid dienone is 1. The van der Waals surface area contributed by atoms with E-state index in [0.717, 1.165) is 29.6 Å². The first-order chi connectivity index (χ1) is 10.4. The highest BCUT2D eigenvalue weighted by atomic mass is 14.9. The fourth-order valence-electron chi connectivity index (χ4n) is 6.00. The summed E-state index contributed by atoms with van der Waals surface area (Å²) in [6.45, 7) is 2.50. The Hall–Kier alpha value is -0.460. The molecular formula is C20H32N. The average Bonchev–Trinajstić information content (AvgIpc) is 3.28. The van der Waals surface area contributed by atoms with Crippen molar-refractivity contribution in [2.24, 2.45) is 29.6 Å². The lowest BCUT2D eigenvalue weighted by Crippen LogP contribution is -2.38. The summed E-state index contributed by atoms with van der Waals surface area (Å²) in [7, 11) is 0. The highest BCUT2D eigenvalue weighted by Crippen LogP contribution is 2.51. The number of nitrogens with one attached hydrogen (secondary N) is 1. The Bertz CT molecular complexity index is 367. The van der Waals surface area contributed by atoms with Crippen LogP contribution in [0.4, 0.5) is 0 Å². The molecule has 0 aromatic rings. The van der Waals surface area contributed by atoms with Gasteiger partial charge in [-0.15, -0.1) is 0 Å². The molecule has 0 spiro atoms. The number of hydrogen-bond acceptors (Lipinski definition) is 1. The minimum absolute atomic E-state index is 0.844. The second-order valence-electron chi connectivity index (χ2n) is 8.15. The van der Waals surface area contributed by atoms with E-state index in [1.807, 2.05) is 5.57 Å². The van der Waals surface area contributed by atoms with Gasteiger partial charge in [-0.25, -0.2) is 0 Å². The second kappa shape index (κ2) is 6.34. The molecule has 4 aliphatic rings. The summed E-state index contributed by atoms with van der Waals surface area (Å²) >= 11 is 0. The molecule has 0 saturated heterocycles. The third-order valence-electron chi connectivity index (χ3n) is 7.02. The van der Waals surface area contributed by atoms with Crippen LogP contribution in [0.15, 0.2) is 11.8 Å². The van der Waals surface area contributed by atoms with Crippen molar-refractivity contribution in [2.75, 3.05) is 0 Å². The Kier molecular flexibility index (Phi) is 4.27. The van der Waals surface area contributed by atoms with Crippen LogP contribution in [0, 0.1) is 36.1 Å². The summed E-state index contributed by atoms with van der Waals surface area (Å²) in [6, 6.07) is 0. The minimum atomic E-state index is 0.844. The monoisotopic (exact) mass is 286 g/mol. The Morgan fingerprint density at radius 3 is 1.95 bits per heavy atom. The Morgan fingerprint density at radius 1 is 0.714 bits per heavy atom. The van der Waals surface area contributed by atoms with E-state index in [9.17, 15) is 0 Å². The van der Waals surface area contributed by atoms with E-state index in [0.29, 0.717) is 0 Å². The molecule has 1 nitrogen and oxygen atoms in total. The molecule has 0 amide bonds. The average molecular weight is 286 g/mol. The summed E-state index contributed by atoms with van der Waals surface area (Å²) in [4.78, 5) is 0. The van der Waals surface area contributed by atoms with E-state index >= 15 is 0 Å². The largest absolute Gasteiger partial charge is 0.386 e. The topological polar surface area (TPSA) is 12.0 Å². The van der Waals surface area contributed by atoms with Gasteiger partial charge in [-0.1, -0.05) is 51.4 Å². The Balaban J connectivity index is 1.59. The van der Waals surface area contributed by atoms with Crippen LogP contribution < -0.4 is 5.32 Å². The van der Waals surface area contributed by atoms with Gasteiger partial charge < -0.3 is 5.32 Å². The van der Waals surface area contributed by atoms with Crippen LogP contribution >= 0.6 is 0 Å². The molecule has 21 heavy (non-hydrogen) atoms. The van der Waals surface area contributed by atoms with Gasteiger partial charge in [-0.2, -0.15) is 0 Å². The first-order valence-corrected chi connectivity index (χ1v) is 9.73. The van der Waals surface area contributed by atoms with Gasteiger partial charge in [0.15, 0.2) is 0 Å². The molecule has 0 aromatic heterocycles. The minimum Gasteiger partial charge on any atom is -0.386 e. The number of hydrogen-bond donors (Lipinski definition) is 1. The zero-order valence-electron chi connectivity index (χ0n) is 13.5. The highest BCUT2D eigenvalue weighted by molar-refractivity contribution is 5.21. The van der Waals surface area contributed by atoms with E-state index in [4.69, 9.17) is 0 Å². The molecule has 4 rings (SSSR count). The SMILES string of the molecule is [CH]1NC=C(C2CCCC2)C(C2CCCC2)C1C1CCCC1. The zero-order valence-corrected chi connectivity index (χ0v) is 13.5. The van der Waals surface area contributed by atoms with Gasteiger partial charge in [-0.05, 0) is 67.0 Å². The summed E-state index contributed by atoms with van der Waals surface area (Å²) in [5.74, 6) is 4.64. The smallest absolute Gasteiger partial charge is 0.0496 e. The maximum absolute atomic E-state index is 3.61. The second-order valence-corrected chi connectivity index (χ2v) is 8.15. The van der Waals surface area contributed by atoms with E-state index in [2.05, 4.69) is 18.1 Å². The third kappa shape index (κ3) is 2.78. The van der Waals surface area contributed by atoms with Crippen LogP contribution in [0.25, 0.3) is 0 Å². The molecule has 3 fully saturated rings. The van der Waals surface area contributed by atoms with Gasteiger partial charge in [0, 0.05) is 6.54 Å². The molecule has 3 aliphatic carbocycles. The van der Waals surface area contributed by atoms with E-state index in [1.165, 1.54) is 77.0 Å². The predicted octanol–water partition coefficient (Wildman–Crippen LogP) is 5.44. The lowest BCUT2D eigenvalue weighted by atomic mass is 9.66. The van der Waals surface area contributed by atoms with E-state index in [-0.39, 0.29) is 0 Å². The molecule has 1 heterocycles. The van der Waals surface area contributed by atoms with Gasteiger partial charge in [0.2, 0.25) is 0 Å². The molecule has 2 unspecified atom stereocenters. The molecule has 2 atom stereocenters. The zero-order chi connectivity index (χ0) is 14.1. The lowest BCUT2D eigenvalue weighted by molar-refractivity contribution is 0.192. The molecule has 0 aromatic carbocycles. The highest BCUT2D eigenvalue weighted by Gasteiger charge is 2.42. The maximum atomic E-state index is 3.61. The third-order valence-corrected chi connectivity index (χ3v) is 7.02. The van der Waals surface area contributed by atoms with Gasteiger partial charge >= 0.3 is 0 Å². The van der Waals surface area contributed by atoms with Crippen molar-refractivity contribution in [3.63, 3.8) is 0 Å². The van der Waals surface area contributed by atoms with Crippen molar-refractivity contribution < 1.29 is 0 Å². The predicted molar refractivity (Wildman–Crippen MR) is 88.4 cm³/mol. The molecule has 1 heteroatoms. The van der Waals surface area contributed by atoms with Crippen LogP contribution in [0.2, 0.25) is 0 Å².